The van der Waals surface area contributed by atoms with E-state index >= 15 is 0 Å². The van der Waals surface area contributed by atoms with Crippen LogP contribution in [0.4, 0.5) is 0 Å². The van der Waals surface area contributed by atoms with Crippen molar-refractivity contribution < 1.29 is 5.11 Å². The molecule has 10 heavy (non-hydrogen) atoms. The molecule has 3 heteroatoms. The van der Waals surface area contributed by atoms with Gasteiger partial charge in [-0.25, -0.2) is 0 Å². The van der Waals surface area contributed by atoms with E-state index in [1.165, 1.54) is 0 Å². The first-order chi connectivity index (χ1) is 4.42. The molecular weight excluding hydrogens is 128 g/mol. The van der Waals surface area contributed by atoms with Gasteiger partial charge in [-0.3, -0.25) is 5.32 Å². The fraction of sp³-hybridized carbons (Fsp3) is 1.00. The largest absolute Gasteiger partial charge is 0.376 e. The van der Waals surface area contributed by atoms with Gasteiger partial charge in [0.1, 0.15) is 5.72 Å². The van der Waals surface area contributed by atoms with Crippen molar-refractivity contribution in [2.24, 2.45) is 0 Å². The van der Waals surface area contributed by atoms with Crippen molar-refractivity contribution in [2.45, 2.75) is 19.6 Å². The molecule has 0 aliphatic rings. The molecule has 0 radical (unpaired) electrons. The lowest BCUT2D eigenvalue weighted by Crippen LogP contribution is -2.42. The summed E-state index contributed by atoms with van der Waals surface area (Å²) in [4.78, 5) is 2.07. The van der Waals surface area contributed by atoms with Gasteiger partial charge in [-0.1, -0.05) is 0 Å². The molecule has 0 aromatic carbocycles. The van der Waals surface area contributed by atoms with Crippen molar-refractivity contribution in [1.29, 1.82) is 0 Å². The molecule has 0 aliphatic carbocycles. The predicted molar refractivity (Wildman–Crippen MR) is 42.9 cm³/mol. The number of nitrogens with one attached hydrogen (secondary N) is 1. The van der Waals surface area contributed by atoms with Crippen molar-refractivity contribution in [3.05, 3.63) is 0 Å². The van der Waals surface area contributed by atoms with E-state index < -0.39 is 5.72 Å². The Morgan fingerprint density at radius 3 is 2.20 bits per heavy atom. The normalized spacial score (nSPS) is 12.6. The molecule has 0 unspecified atom stereocenters. The van der Waals surface area contributed by atoms with E-state index in [1.54, 1.807) is 13.8 Å². The van der Waals surface area contributed by atoms with E-state index in [0.29, 0.717) is 0 Å². The smallest absolute Gasteiger partial charge is 0.110 e. The third-order valence-corrected chi connectivity index (χ3v) is 1.12. The van der Waals surface area contributed by atoms with Crippen LogP contribution in [-0.4, -0.2) is 42.9 Å². The summed E-state index contributed by atoms with van der Waals surface area (Å²) in [5.74, 6) is 0. The van der Waals surface area contributed by atoms with Crippen LogP contribution in [0.25, 0.3) is 0 Å². The molecule has 2 N–H and O–H groups in total. The van der Waals surface area contributed by atoms with Crippen LogP contribution in [0, 0.1) is 0 Å². The number of aliphatic hydroxyl groups is 1. The molecule has 0 aromatic rings. The second kappa shape index (κ2) is 3.91. The van der Waals surface area contributed by atoms with Crippen molar-refractivity contribution in [3.63, 3.8) is 0 Å². The predicted octanol–water partition coefficient (Wildman–Crippen LogP) is -0.134. The summed E-state index contributed by atoms with van der Waals surface area (Å²) in [5, 5.41) is 12.2. The summed E-state index contributed by atoms with van der Waals surface area (Å²) in [6, 6.07) is 0. The Morgan fingerprint density at radius 2 is 1.90 bits per heavy atom. The van der Waals surface area contributed by atoms with Crippen LogP contribution >= 0.6 is 0 Å². The quantitative estimate of drug-likeness (QED) is 0.542. The van der Waals surface area contributed by atoms with Crippen molar-refractivity contribution in [3.8, 4) is 0 Å². The Kier molecular flexibility index (Phi) is 3.86. The van der Waals surface area contributed by atoms with Gasteiger partial charge in [0.25, 0.3) is 0 Å². The SMILES string of the molecule is CN(C)CCNC(C)(C)O. The van der Waals surface area contributed by atoms with Gasteiger partial charge in [-0.2, -0.15) is 0 Å². The Balaban J connectivity index is 3.21. The van der Waals surface area contributed by atoms with Crippen LogP contribution in [0.1, 0.15) is 13.8 Å². The second-order valence-corrected chi connectivity index (χ2v) is 3.29. The van der Waals surface area contributed by atoms with Gasteiger partial charge in [0.15, 0.2) is 0 Å². The highest BCUT2D eigenvalue weighted by molar-refractivity contribution is 4.62. The molecule has 0 amide bonds. The van der Waals surface area contributed by atoms with Gasteiger partial charge < -0.3 is 10.0 Å². The Morgan fingerprint density at radius 1 is 1.40 bits per heavy atom. The summed E-state index contributed by atoms with van der Waals surface area (Å²) < 4.78 is 0. The maximum absolute atomic E-state index is 9.20. The van der Waals surface area contributed by atoms with Crippen LogP contribution < -0.4 is 5.32 Å². The molecule has 0 aliphatic heterocycles. The van der Waals surface area contributed by atoms with E-state index in [9.17, 15) is 5.11 Å². The molecule has 0 heterocycles. The minimum atomic E-state index is -0.740. The van der Waals surface area contributed by atoms with Gasteiger partial charge in [0.05, 0.1) is 0 Å². The molecule has 0 aromatic heterocycles. The van der Waals surface area contributed by atoms with Gasteiger partial charge >= 0.3 is 0 Å². The lowest BCUT2D eigenvalue weighted by Gasteiger charge is -2.20. The van der Waals surface area contributed by atoms with E-state index in [-0.39, 0.29) is 0 Å². The molecule has 3 nitrogen and oxygen atoms in total. The molecule has 0 atom stereocenters. The third kappa shape index (κ3) is 7.88. The number of nitrogens with zero attached hydrogens (tertiary/aromatic N) is 1. The molecule has 0 saturated carbocycles. The maximum atomic E-state index is 9.20. The highest BCUT2D eigenvalue weighted by Gasteiger charge is 2.09. The molecule has 0 spiro atoms. The van der Waals surface area contributed by atoms with E-state index in [0.717, 1.165) is 13.1 Å². The number of hydrogen-bond donors (Lipinski definition) is 2. The Bertz CT molecular complexity index is 86.1. The maximum Gasteiger partial charge on any atom is 0.110 e. The number of likely N-dealkylation sites (N-methyl/N-ethyl adjacent to an activating group) is 1. The zero-order valence-electron chi connectivity index (χ0n) is 7.31. The standard InChI is InChI=1S/C7H18N2O/c1-7(2,10)8-5-6-9(3)4/h8,10H,5-6H2,1-4H3. The highest BCUT2D eigenvalue weighted by atomic mass is 16.3. The van der Waals surface area contributed by atoms with Crippen molar-refractivity contribution in [1.82, 2.24) is 10.2 Å². The van der Waals surface area contributed by atoms with E-state index in [2.05, 4.69) is 10.2 Å². The van der Waals surface area contributed by atoms with Gasteiger partial charge in [0.2, 0.25) is 0 Å². The highest BCUT2D eigenvalue weighted by Crippen LogP contribution is 1.92. The Labute approximate surface area is 63.0 Å². The van der Waals surface area contributed by atoms with Crippen LogP contribution in [0.3, 0.4) is 0 Å². The topological polar surface area (TPSA) is 35.5 Å². The van der Waals surface area contributed by atoms with E-state index in [1.807, 2.05) is 14.1 Å². The molecular formula is C7H18N2O. The van der Waals surface area contributed by atoms with Crippen molar-refractivity contribution >= 4 is 0 Å². The first-order valence-electron chi connectivity index (χ1n) is 3.54. The van der Waals surface area contributed by atoms with Gasteiger partial charge in [-0.05, 0) is 27.9 Å². The monoisotopic (exact) mass is 146 g/mol. The van der Waals surface area contributed by atoms with Crippen LogP contribution in [0.2, 0.25) is 0 Å². The molecule has 0 rings (SSSR count). The molecule has 0 saturated heterocycles. The van der Waals surface area contributed by atoms with E-state index in [4.69, 9.17) is 0 Å². The summed E-state index contributed by atoms with van der Waals surface area (Å²) >= 11 is 0. The lowest BCUT2D eigenvalue weighted by atomic mass is 10.3. The minimum Gasteiger partial charge on any atom is -0.376 e. The molecule has 0 bridgehead atoms. The van der Waals surface area contributed by atoms with Gasteiger partial charge in [-0.15, -0.1) is 0 Å². The average Bonchev–Trinajstić information content (AvgIpc) is 1.59. The number of rotatable bonds is 4. The summed E-state index contributed by atoms with van der Waals surface area (Å²) in [6.07, 6.45) is 0. The average molecular weight is 146 g/mol. The summed E-state index contributed by atoms with van der Waals surface area (Å²) in [5.41, 5.74) is -0.740. The second-order valence-electron chi connectivity index (χ2n) is 3.29. The summed E-state index contributed by atoms with van der Waals surface area (Å²) in [6.45, 7) is 5.24. The fourth-order valence-electron chi connectivity index (χ4n) is 0.585. The number of hydrogen-bond acceptors (Lipinski definition) is 3. The van der Waals surface area contributed by atoms with Crippen LogP contribution in [0.15, 0.2) is 0 Å². The zero-order valence-corrected chi connectivity index (χ0v) is 7.31. The van der Waals surface area contributed by atoms with Gasteiger partial charge in [0, 0.05) is 13.1 Å². The fourth-order valence-corrected chi connectivity index (χ4v) is 0.585. The first-order valence-corrected chi connectivity index (χ1v) is 3.54. The third-order valence-electron chi connectivity index (χ3n) is 1.12. The van der Waals surface area contributed by atoms with Crippen molar-refractivity contribution in [2.75, 3.05) is 27.2 Å². The molecule has 0 fully saturated rings. The van der Waals surface area contributed by atoms with Crippen LogP contribution in [-0.2, 0) is 0 Å². The molecule has 62 valence electrons. The minimum absolute atomic E-state index is 0.740. The Hall–Kier alpha value is -0.120. The summed E-state index contributed by atoms with van der Waals surface area (Å²) in [7, 11) is 4.01. The van der Waals surface area contributed by atoms with Crippen LogP contribution in [0.5, 0.6) is 0 Å². The first kappa shape index (κ1) is 9.88. The lowest BCUT2D eigenvalue weighted by molar-refractivity contribution is 0.0424. The zero-order chi connectivity index (χ0) is 8.20.